The molecule has 7 heteroatoms. The molecule has 0 aliphatic rings. The second kappa shape index (κ2) is 5.61. The number of nitrogens with one attached hydrogen (secondary N) is 1. The lowest BCUT2D eigenvalue weighted by atomic mass is 10.3. The number of hydrogen-bond acceptors (Lipinski definition) is 4. The minimum atomic E-state index is -0.156. The van der Waals surface area contributed by atoms with Gasteiger partial charge in [0.05, 0.1) is 12.3 Å². The molecule has 0 saturated carbocycles. The van der Waals surface area contributed by atoms with Gasteiger partial charge in [-0.25, -0.2) is 4.98 Å². The van der Waals surface area contributed by atoms with Crippen LogP contribution < -0.4 is 5.56 Å². The third kappa shape index (κ3) is 2.46. The van der Waals surface area contributed by atoms with Crippen LogP contribution in [0.1, 0.15) is 12.6 Å². The van der Waals surface area contributed by atoms with Crippen LogP contribution in [-0.4, -0.2) is 26.9 Å². The van der Waals surface area contributed by atoms with Gasteiger partial charge < -0.3 is 9.72 Å². The second-order valence-electron chi connectivity index (χ2n) is 3.64. The normalized spacial score (nSPS) is 10.8. The molecule has 0 saturated heterocycles. The zero-order valence-electron chi connectivity index (χ0n) is 10.1. The van der Waals surface area contributed by atoms with Crippen LogP contribution in [0, 0.1) is 3.57 Å². The van der Waals surface area contributed by atoms with E-state index in [0.717, 1.165) is 12.2 Å². The number of H-pyrrole nitrogens is 1. The lowest BCUT2D eigenvalue weighted by molar-refractivity contribution is 0.180. The highest BCUT2D eigenvalue weighted by molar-refractivity contribution is 14.1. The standard InChI is InChI=1S/C11H13IN4O2/c1-3-16-8(4-5-13-16)10-14-7(6-18-2)9(12)11(17)15-10/h4-5H,3,6H2,1-2H3,(H,14,15,17). The Hall–Kier alpha value is -1.22. The zero-order valence-corrected chi connectivity index (χ0v) is 12.3. The van der Waals surface area contributed by atoms with E-state index in [1.807, 2.05) is 35.6 Å². The Bertz CT molecular complexity index is 605. The van der Waals surface area contributed by atoms with Crippen molar-refractivity contribution in [1.29, 1.82) is 0 Å². The van der Waals surface area contributed by atoms with Crippen LogP contribution >= 0.6 is 22.6 Å². The van der Waals surface area contributed by atoms with Gasteiger partial charge in [-0.1, -0.05) is 0 Å². The fraction of sp³-hybridized carbons (Fsp3) is 0.364. The number of halogens is 1. The summed E-state index contributed by atoms with van der Waals surface area (Å²) in [6.07, 6.45) is 1.69. The van der Waals surface area contributed by atoms with Crippen LogP contribution in [-0.2, 0) is 17.9 Å². The number of aromatic nitrogens is 4. The van der Waals surface area contributed by atoms with Gasteiger partial charge in [0.1, 0.15) is 9.26 Å². The molecule has 0 fully saturated rings. The molecule has 0 amide bonds. The van der Waals surface area contributed by atoms with Gasteiger partial charge in [0.15, 0.2) is 5.82 Å². The van der Waals surface area contributed by atoms with Crippen molar-refractivity contribution in [3.63, 3.8) is 0 Å². The molecule has 1 N–H and O–H groups in total. The number of aromatic amines is 1. The summed E-state index contributed by atoms with van der Waals surface area (Å²) in [7, 11) is 1.58. The Morgan fingerprint density at radius 2 is 2.33 bits per heavy atom. The fourth-order valence-electron chi connectivity index (χ4n) is 1.64. The van der Waals surface area contributed by atoms with E-state index in [9.17, 15) is 4.79 Å². The molecule has 0 unspecified atom stereocenters. The molecule has 2 aromatic rings. The third-order valence-corrected chi connectivity index (χ3v) is 3.58. The summed E-state index contributed by atoms with van der Waals surface area (Å²) in [5, 5.41) is 4.16. The molecule has 0 radical (unpaired) electrons. The molecule has 0 aromatic carbocycles. The summed E-state index contributed by atoms with van der Waals surface area (Å²) in [6, 6.07) is 1.82. The van der Waals surface area contributed by atoms with Gasteiger partial charge >= 0.3 is 0 Å². The minimum absolute atomic E-state index is 0.156. The maximum absolute atomic E-state index is 11.8. The average molecular weight is 360 g/mol. The topological polar surface area (TPSA) is 72.8 Å². The second-order valence-corrected chi connectivity index (χ2v) is 4.72. The van der Waals surface area contributed by atoms with Crippen LogP contribution in [0.25, 0.3) is 11.5 Å². The predicted octanol–water partition coefficient (Wildman–Crippen LogP) is 1.40. The molecule has 0 bridgehead atoms. The smallest absolute Gasteiger partial charge is 0.265 e. The van der Waals surface area contributed by atoms with Crippen molar-refractivity contribution in [3.8, 4) is 11.5 Å². The van der Waals surface area contributed by atoms with Gasteiger partial charge in [-0.3, -0.25) is 9.48 Å². The summed E-state index contributed by atoms with van der Waals surface area (Å²) in [4.78, 5) is 19.0. The summed E-state index contributed by atoms with van der Waals surface area (Å²) in [6.45, 7) is 3.02. The van der Waals surface area contributed by atoms with E-state index in [0.29, 0.717) is 21.7 Å². The van der Waals surface area contributed by atoms with Crippen LogP contribution in [0.2, 0.25) is 0 Å². The lowest BCUT2D eigenvalue weighted by Gasteiger charge is -2.07. The highest BCUT2D eigenvalue weighted by atomic mass is 127. The first-order valence-electron chi connectivity index (χ1n) is 5.47. The molecule has 2 aromatic heterocycles. The first-order valence-corrected chi connectivity index (χ1v) is 6.55. The van der Waals surface area contributed by atoms with Crippen molar-refractivity contribution >= 4 is 22.6 Å². The Morgan fingerprint density at radius 1 is 1.56 bits per heavy atom. The lowest BCUT2D eigenvalue weighted by Crippen LogP contribution is -2.17. The SMILES string of the molecule is CCn1nccc1-c1nc(COC)c(I)c(=O)[nH]1. The first kappa shape index (κ1) is 13.2. The van der Waals surface area contributed by atoms with E-state index in [-0.39, 0.29) is 5.56 Å². The van der Waals surface area contributed by atoms with Crippen molar-refractivity contribution in [3.05, 3.63) is 31.9 Å². The molecule has 96 valence electrons. The number of methoxy groups -OCH3 is 1. The zero-order chi connectivity index (χ0) is 13.1. The summed E-state index contributed by atoms with van der Waals surface area (Å²) in [5.41, 5.74) is 1.28. The van der Waals surface area contributed by atoms with Crippen LogP contribution in [0.3, 0.4) is 0 Å². The summed E-state index contributed by atoms with van der Waals surface area (Å²) < 4.78 is 7.39. The molecular weight excluding hydrogens is 347 g/mol. The Labute approximate surface area is 118 Å². The van der Waals surface area contributed by atoms with E-state index >= 15 is 0 Å². The van der Waals surface area contributed by atoms with E-state index in [4.69, 9.17) is 4.74 Å². The van der Waals surface area contributed by atoms with Crippen LogP contribution in [0.15, 0.2) is 17.1 Å². The molecule has 0 atom stereocenters. The third-order valence-electron chi connectivity index (χ3n) is 2.47. The molecular formula is C11H13IN4O2. The highest BCUT2D eigenvalue weighted by Crippen LogP contribution is 2.15. The number of rotatable bonds is 4. The van der Waals surface area contributed by atoms with Gasteiger partial charge in [-0.2, -0.15) is 5.10 Å². The van der Waals surface area contributed by atoms with Crippen molar-refractivity contribution in [2.45, 2.75) is 20.1 Å². The Balaban J connectivity index is 2.55. The minimum Gasteiger partial charge on any atom is -0.378 e. The van der Waals surface area contributed by atoms with Gasteiger partial charge in [-0.05, 0) is 35.6 Å². The van der Waals surface area contributed by atoms with Crippen LogP contribution in [0.5, 0.6) is 0 Å². The summed E-state index contributed by atoms with van der Waals surface area (Å²) >= 11 is 1.97. The molecule has 0 spiro atoms. The molecule has 2 heterocycles. The van der Waals surface area contributed by atoms with Gasteiger partial charge in [0.25, 0.3) is 5.56 Å². The number of nitrogens with zero attached hydrogens (tertiary/aromatic N) is 3. The summed E-state index contributed by atoms with van der Waals surface area (Å²) in [5.74, 6) is 0.520. The van der Waals surface area contributed by atoms with Crippen molar-refractivity contribution < 1.29 is 4.74 Å². The Kier molecular flexibility index (Phi) is 4.12. The van der Waals surface area contributed by atoms with Gasteiger partial charge in [-0.15, -0.1) is 0 Å². The van der Waals surface area contributed by atoms with Crippen molar-refractivity contribution in [1.82, 2.24) is 19.7 Å². The fourth-order valence-corrected chi connectivity index (χ4v) is 2.06. The maximum Gasteiger partial charge on any atom is 0.265 e. The monoisotopic (exact) mass is 360 g/mol. The predicted molar refractivity (Wildman–Crippen MR) is 75.2 cm³/mol. The van der Waals surface area contributed by atoms with E-state index < -0.39 is 0 Å². The van der Waals surface area contributed by atoms with E-state index in [2.05, 4.69) is 15.1 Å². The van der Waals surface area contributed by atoms with E-state index in [1.54, 1.807) is 18.0 Å². The molecule has 18 heavy (non-hydrogen) atoms. The van der Waals surface area contributed by atoms with Gasteiger partial charge in [0, 0.05) is 19.9 Å². The van der Waals surface area contributed by atoms with E-state index in [1.165, 1.54) is 0 Å². The Morgan fingerprint density at radius 3 is 3.00 bits per heavy atom. The maximum atomic E-state index is 11.8. The van der Waals surface area contributed by atoms with Crippen molar-refractivity contribution in [2.75, 3.05) is 7.11 Å². The number of ether oxygens (including phenoxy) is 1. The number of hydrogen-bond donors (Lipinski definition) is 1. The molecule has 2 rings (SSSR count). The van der Waals surface area contributed by atoms with Crippen LogP contribution in [0.4, 0.5) is 0 Å². The molecule has 0 aliphatic carbocycles. The quantitative estimate of drug-likeness (QED) is 0.837. The number of aryl methyl sites for hydroxylation is 1. The van der Waals surface area contributed by atoms with Gasteiger partial charge in [0.2, 0.25) is 0 Å². The largest absolute Gasteiger partial charge is 0.378 e. The molecule has 6 nitrogen and oxygen atoms in total. The highest BCUT2D eigenvalue weighted by Gasteiger charge is 2.12. The van der Waals surface area contributed by atoms with Crippen molar-refractivity contribution in [2.24, 2.45) is 0 Å². The average Bonchev–Trinajstić information content (AvgIpc) is 2.83. The molecule has 0 aliphatic heterocycles. The first-order chi connectivity index (χ1) is 8.67.